The summed E-state index contributed by atoms with van der Waals surface area (Å²) in [6, 6.07) is 22.3. The fraction of sp³-hybridized carbons (Fsp3) is 0.0526. The molecular weight excluding hydrogens is 368 g/mol. The number of hydrogen-bond acceptors (Lipinski definition) is 3. The van der Waals surface area contributed by atoms with Crippen molar-refractivity contribution in [1.82, 2.24) is 0 Å². The van der Waals surface area contributed by atoms with Crippen molar-refractivity contribution in [3.8, 4) is 0 Å². The summed E-state index contributed by atoms with van der Waals surface area (Å²) in [7, 11) is 0. The van der Waals surface area contributed by atoms with Gasteiger partial charge in [0.15, 0.2) is 0 Å². The Balaban J connectivity index is 2.04. The molecule has 2 aromatic carbocycles. The van der Waals surface area contributed by atoms with Crippen LogP contribution in [0.4, 0.5) is 0 Å². The average molecular weight is 383 g/mol. The van der Waals surface area contributed by atoms with E-state index in [1.807, 2.05) is 54.8 Å². The van der Waals surface area contributed by atoms with Gasteiger partial charge in [-0.25, -0.2) is 0 Å². The lowest BCUT2D eigenvalue weighted by Gasteiger charge is -2.05. The summed E-state index contributed by atoms with van der Waals surface area (Å²) < 4.78 is 1.06. The highest BCUT2D eigenvalue weighted by Gasteiger charge is 2.08. The first-order valence-electron chi connectivity index (χ1n) is 7.22. The molecule has 0 saturated carbocycles. The van der Waals surface area contributed by atoms with E-state index >= 15 is 0 Å². The molecule has 0 aliphatic carbocycles. The first-order valence-corrected chi connectivity index (χ1v) is 8.89. The van der Waals surface area contributed by atoms with Crippen LogP contribution in [0.5, 0.6) is 0 Å². The molecule has 1 aromatic heterocycles. The molecule has 0 aliphatic rings. The summed E-state index contributed by atoms with van der Waals surface area (Å²) in [5, 5.41) is 11.1. The van der Waals surface area contributed by atoms with Gasteiger partial charge >= 0.3 is 0 Å². The third kappa shape index (κ3) is 3.84. The smallest absolute Gasteiger partial charge is 0.100 e. The van der Waals surface area contributed by atoms with Crippen molar-refractivity contribution in [2.24, 2.45) is 10.2 Å². The van der Waals surface area contributed by atoms with Gasteiger partial charge in [0.1, 0.15) is 5.71 Å². The third-order valence-electron chi connectivity index (χ3n) is 3.34. The summed E-state index contributed by atoms with van der Waals surface area (Å²) >= 11 is 5.20. The second-order valence-corrected chi connectivity index (χ2v) is 6.73. The molecule has 3 rings (SSSR count). The fourth-order valence-corrected chi connectivity index (χ4v) is 3.80. The molecule has 1 heterocycles. The van der Waals surface area contributed by atoms with Gasteiger partial charge in [0, 0.05) is 15.6 Å². The minimum Gasteiger partial charge on any atom is -0.154 e. The van der Waals surface area contributed by atoms with Crippen molar-refractivity contribution >= 4 is 38.7 Å². The quantitative estimate of drug-likeness (QED) is 0.404. The molecule has 114 valence electrons. The Labute approximate surface area is 148 Å². The van der Waals surface area contributed by atoms with Crippen LogP contribution in [0.2, 0.25) is 0 Å². The zero-order chi connectivity index (χ0) is 16.1. The number of thiophene rings is 1. The molecule has 0 amide bonds. The van der Waals surface area contributed by atoms with Crippen molar-refractivity contribution in [3.05, 3.63) is 92.6 Å². The Hall–Kier alpha value is -2.04. The second-order valence-electron chi connectivity index (χ2n) is 4.96. The van der Waals surface area contributed by atoms with Crippen molar-refractivity contribution in [2.75, 3.05) is 0 Å². The molecule has 4 heteroatoms. The number of rotatable bonds is 4. The van der Waals surface area contributed by atoms with Crippen molar-refractivity contribution < 1.29 is 0 Å². The normalized spacial score (nSPS) is 11.3. The van der Waals surface area contributed by atoms with Gasteiger partial charge in [0.05, 0.1) is 10.6 Å². The van der Waals surface area contributed by atoms with E-state index in [9.17, 15) is 0 Å². The maximum atomic E-state index is 4.55. The summed E-state index contributed by atoms with van der Waals surface area (Å²) in [4.78, 5) is 1.11. The molecule has 0 fully saturated rings. The van der Waals surface area contributed by atoms with Gasteiger partial charge in [-0.3, -0.25) is 0 Å². The highest BCUT2D eigenvalue weighted by Crippen LogP contribution is 2.23. The van der Waals surface area contributed by atoms with Crippen LogP contribution in [0.25, 0.3) is 0 Å². The van der Waals surface area contributed by atoms with E-state index in [0.717, 1.165) is 31.9 Å². The monoisotopic (exact) mass is 382 g/mol. The molecule has 0 unspecified atom stereocenters. The Morgan fingerprint density at radius 3 is 1.87 bits per heavy atom. The molecule has 0 bridgehead atoms. The summed E-state index contributed by atoms with van der Waals surface area (Å²) in [5.74, 6) is 0. The maximum absolute atomic E-state index is 4.55. The molecule has 2 nitrogen and oxygen atoms in total. The molecule has 0 spiro atoms. The van der Waals surface area contributed by atoms with Gasteiger partial charge in [-0.2, -0.15) is 5.10 Å². The maximum Gasteiger partial charge on any atom is 0.100 e. The number of hydrogen-bond donors (Lipinski definition) is 0. The van der Waals surface area contributed by atoms with Crippen LogP contribution in [0.15, 0.2) is 86.8 Å². The highest BCUT2D eigenvalue weighted by molar-refractivity contribution is 9.10. The standard InChI is InChI=1S/C19H15BrN2S/c1-14(19-17(20)12-13-23-19)21-22-18(15-8-4-2-5-9-15)16-10-6-3-7-11-16/h2-13H,1H3. The molecule has 3 aromatic rings. The van der Waals surface area contributed by atoms with Crippen LogP contribution < -0.4 is 0 Å². The first-order chi connectivity index (χ1) is 11.3. The predicted molar refractivity (Wildman–Crippen MR) is 103 cm³/mol. The van der Waals surface area contributed by atoms with Crippen molar-refractivity contribution in [1.29, 1.82) is 0 Å². The van der Waals surface area contributed by atoms with Crippen molar-refractivity contribution in [3.63, 3.8) is 0 Å². The Morgan fingerprint density at radius 1 is 0.826 bits per heavy atom. The largest absolute Gasteiger partial charge is 0.154 e. The van der Waals surface area contributed by atoms with Crippen LogP contribution in [0.1, 0.15) is 22.9 Å². The zero-order valence-electron chi connectivity index (χ0n) is 12.6. The molecule has 0 N–H and O–H groups in total. The van der Waals surface area contributed by atoms with Gasteiger partial charge in [0.2, 0.25) is 0 Å². The molecular formula is C19H15BrN2S. The van der Waals surface area contributed by atoms with E-state index in [-0.39, 0.29) is 0 Å². The summed E-state index contributed by atoms with van der Waals surface area (Å²) in [6.07, 6.45) is 0. The van der Waals surface area contributed by atoms with Gasteiger partial charge in [-0.05, 0) is 34.3 Å². The highest BCUT2D eigenvalue weighted by atomic mass is 79.9. The van der Waals surface area contributed by atoms with Gasteiger partial charge < -0.3 is 0 Å². The topological polar surface area (TPSA) is 24.7 Å². The summed E-state index contributed by atoms with van der Waals surface area (Å²) in [5.41, 5.74) is 3.88. The molecule has 0 saturated heterocycles. The Kier molecular flexibility index (Phi) is 5.16. The molecule has 0 aliphatic heterocycles. The van der Waals surface area contributed by atoms with E-state index in [0.29, 0.717) is 0 Å². The molecule has 0 atom stereocenters. The van der Waals surface area contributed by atoms with Gasteiger partial charge in [-0.1, -0.05) is 60.7 Å². The number of benzene rings is 2. The van der Waals surface area contributed by atoms with E-state index < -0.39 is 0 Å². The van der Waals surface area contributed by atoms with E-state index in [2.05, 4.69) is 50.4 Å². The number of halogens is 1. The lowest BCUT2D eigenvalue weighted by atomic mass is 10.0. The SMILES string of the molecule is CC(=NN=C(c1ccccc1)c1ccccc1)c1sccc1Br. The van der Waals surface area contributed by atoms with Gasteiger partial charge in [0.25, 0.3) is 0 Å². The predicted octanol–water partition coefficient (Wildman–Crippen LogP) is 5.77. The van der Waals surface area contributed by atoms with E-state index in [1.54, 1.807) is 11.3 Å². The minimum absolute atomic E-state index is 0.873. The lowest BCUT2D eigenvalue weighted by Crippen LogP contribution is -2.03. The van der Waals surface area contributed by atoms with Crippen LogP contribution in [0, 0.1) is 0 Å². The van der Waals surface area contributed by atoms with Crippen LogP contribution >= 0.6 is 27.3 Å². The van der Waals surface area contributed by atoms with E-state index in [1.165, 1.54) is 0 Å². The Bertz CT molecular complexity index is 795. The third-order valence-corrected chi connectivity index (χ3v) is 5.29. The average Bonchev–Trinajstić information content (AvgIpc) is 3.03. The second kappa shape index (κ2) is 7.49. The van der Waals surface area contributed by atoms with E-state index in [4.69, 9.17) is 0 Å². The van der Waals surface area contributed by atoms with Crippen molar-refractivity contribution in [2.45, 2.75) is 6.92 Å². The summed E-state index contributed by atoms with van der Waals surface area (Å²) in [6.45, 7) is 1.98. The first kappa shape index (κ1) is 15.8. The van der Waals surface area contributed by atoms with Crippen LogP contribution in [0.3, 0.4) is 0 Å². The number of nitrogens with zero attached hydrogens (tertiary/aromatic N) is 2. The van der Waals surface area contributed by atoms with Crippen LogP contribution in [-0.4, -0.2) is 11.4 Å². The van der Waals surface area contributed by atoms with Crippen LogP contribution in [-0.2, 0) is 0 Å². The fourth-order valence-electron chi connectivity index (χ4n) is 2.20. The lowest BCUT2D eigenvalue weighted by molar-refractivity contribution is 1.22. The minimum atomic E-state index is 0.873. The zero-order valence-corrected chi connectivity index (χ0v) is 15.0. The molecule has 0 radical (unpaired) electrons. The van der Waals surface area contributed by atoms with Gasteiger partial charge in [-0.15, -0.1) is 16.4 Å². The Morgan fingerprint density at radius 2 is 1.39 bits per heavy atom. The molecule has 23 heavy (non-hydrogen) atoms.